The SMILES string of the molecule is CCCC(C)Oc1ccc(CNCC)nc1. The molecule has 0 amide bonds. The Morgan fingerprint density at radius 3 is 2.75 bits per heavy atom. The van der Waals surface area contributed by atoms with Crippen molar-refractivity contribution < 1.29 is 4.74 Å². The van der Waals surface area contributed by atoms with Crippen molar-refractivity contribution in [2.75, 3.05) is 6.54 Å². The maximum Gasteiger partial charge on any atom is 0.138 e. The molecular formula is C13H22N2O. The maximum atomic E-state index is 5.73. The predicted octanol–water partition coefficient (Wildman–Crippen LogP) is 2.76. The third-order valence-corrected chi connectivity index (χ3v) is 2.39. The van der Waals surface area contributed by atoms with Crippen molar-refractivity contribution in [2.45, 2.75) is 46.3 Å². The predicted molar refractivity (Wildman–Crippen MR) is 66.6 cm³/mol. The second-order valence-electron chi connectivity index (χ2n) is 3.98. The molecule has 3 nitrogen and oxygen atoms in total. The molecule has 1 aromatic heterocycles. The van der Waals surface area contributed by atoms with E-state index in [0.29, 0.717) is 0 Å². The van der Waals surface area contributed by atoms with Crippen LogP contribution in [0.5, 0.6) is 5.75 Å². The van der Waals surface area contributed by atoms with Crippen LogP contribution < -0.4 is 10.1 Å². The smallest absolute Gasteiger partial charge is 0.138 e. The number of rotatable bonds is 7. The number of hydrogen-bond donors (Lipinski definition) is 1. The Morgan fingerprint density at radius 1 is 1.38 bits per heavy atom. The van der Waals surface area contributed by atoms with E-state index in [9.17, 15) is 0 Å². The van der Waals surface area contributed by atoms with Crippen molar-refractivity contribution in [3.05, 3.63) is 24.0 Å². The number of nitrogens with one attached hydrogen (secondary N) is 1. The van der Waals surface area contributed by atoms with E-state index in [1.54, 1.807) is 6.20 Å². The zero-order chi connectivity index (χ0) is 11.8. The number of hydrogen-bond acceptors (Lipinski definition) is 3. The number of ether oxygens (including phenoxy) is 1. The normalized spacial score (nSPS) is 12.4. The van der Waals surface area contributed by atoms with Crippen LogP contribution in [0, 0.1) is 0 Å². The zero-order valence-corrected chi connectivity index (χ0v) is 10.5. The Kier molecular flexibility index (Phi) is 5.86. The minimum absolute atomic E-state index is 0.270. The van der Waals surface area contributed by atoms with Gasteiger partial charge in [-0.2, -0.15) is 0 Å². The van der Waals surface area contributed by atoms with Gasteiger partial charge in [0.15, 0.2) is 0 Å². The summed E-state index contributed by atoms with van der Waals surface area (Å²) >= 11 is 0. The van der Waals surface area contributed by atoms with Gasteiger partial charge in [0, 0.05) is 6.54 Å². The molecule has 1 N–H and O–H groups in total. The summed E-state index contributed by atoms with van der Waals surface area (Å²) in [5.74, 6) is 0.862. The van der Waals surface area contributed by atoms with Gasteiger partial charge >= 0.3 is 0 Å². The molecule has 1 unspecified atom stereocenters. The highest BCUT2D eigenvalue weighted by molar-refractivity contribution is 5.20. The van der Waals surface area contributed by atoms with Gasteiger partial charge < -0.3 is 10.1 Å². The van der Waals surface area contributed by atoms with Crippen LogP contribution in [0.25, 0.3) is 0 Å². The second-order valence-corrected chi connectivity index (χ2v) is 3.98. The Labute approximate surface area is 98.2 Å². The van der Waals surface area contributed by atoms with Crippen LogP contribution >= 0.6 is 0 Å². The van der Waals surface area contributed by atoms with Gasteiger partial charge in [-0.15, -0.1) is 0 Å². The van der Waals surface area contributed by atoms with Crippen molar-refractivity contribution >= 4 is 0 Å². The van der Waals surface area contributed by atoms with Crippen molar-refractivity contribution in [1.82, 2.24) is 10.3 Å². The average Bonchev–Trinajstić information content (AvgIpc) is 2.28. The number of aromatic nitrogens is 1. The summed E-state index contributed by atoms with van der Waals surface area (Å²) in [5.41, 5.74) is 1.05. The first kappa shape index (κ1) is 13.0. The standard InChI is InChI=1S/C13H22N2O/c1-4-6-11(3)16-13-8-7-12(15-10-13)9-14-5-2/h7-8,10-11,14H,4-6,9H2,1-3H3. The molecule has 16 heavy (non-hydrogen) atoms. The number of nitrogens with zero attached hydrogens (tertiary/aromatic N) is 1. The Balaban J connectivity index is 2.44. The highest BCUT2D eigenvalue weighted by Crippen LogP contribution is 2.13. The molecule has 0 aliphatic heterocycles. The van der Waals surface area contributed by atoms with E-state index in [0.717, 1.165) is 37.4 Å². The first-order valence-electron chi connectivity index (χ1n) is 6.08. The Morgan fingerprint density at radius 2 is 2.19 bits per heavy atom. The molecule has 0 fully saturated rings. The minimum atomic E-state index is 0.270. The van der Waals surface area contributed by atoms with Crippen molar-refractivity contribution in [3.8, 4) is 5.75 Å². The van der Waals surface area contributed by atoms with Gasteiger partial charge in [-0.05, 0) is 32.0 Å². The summed E-state index contributed by atoms with van der Waals surface area (Å²) in [6.07, 6.45) is 4.30. The molecule has 1 heterocycles. The van der Waals surface area contributed by atoms with Crippen LogP contribution in [-0.2, 0) is 6.54 Å². The van der Waals surface area contributed by atoms with Crippen LogP contribution in [0.2, 0.25) is 0 Å². The Bertz CT molecular complexity index is 284. The summed E-state index contributed by atoms with van der Waals surface area (Å²) in [5, 5.41) is 3.24. The molecule has 1 rings (SSSR count). The summed E-state index contributed by atoms with van der Waals surface area (Å²) in [4.78, 5) is 4.34. The van der Waals surface area contributed by atoms with Gasteiger partial charge in [-0.25, -0.2) is 0 Å². The van der Waals surface area contributed by atoms with Gasteiger partial charge in [0.05, 0.1) is 18.0 Å². The zero-order valence-electron chi connectivity index (χ0n) is 10.5. The van der Waals surface area contributed by atoms with E-state index >= 15 is 0 Å². The van der Waals surface area contributed by atoms with Gasteiger partial charge in [-0.3, -0.25) is 4.98 Å². The van der Waals surface area contributed by atoms with Gasteiger partial charge in [0.1, 0.15) is 5.75 Å². The summed E-state index contributed by atoms with van der Waals surface area (Å²) in [6, 6.07) is 4.00. The van der Waals surface area contributed by atoms with Gasteiger partial charge in [0.2, 0.25) is 0 Å². The fraction of sp³-hybridized carbons (Fsp3) is 0.615. The topological polar surface area (TPSA) is 34.1 Å². The fourth-order valence-corrected chi connectivity index (χ4v) is 1.54. The van der Waals surface area contributed by atoms with E-state index in [1.807, 2.05) is 12.1 Å². The summed E-state index contributed by atoms with van der Waals surface area (Å²) in [7, 11) is 0. The van der Waals surface area contributed by atoms with Crippen molar-refractivity contribution in [3.63, 3.8) is 0 Å². The van der Waals surface area contributed by atoms with Crippen molar-refractivity contribution in [2.24, 2.45) is 0 Å². The number of pyridine rings is 1. The molecule has 0 aromatic carbocycles. The maximum absolute atomic E-state index is 5.73. The lowest BCUT2D eigenvalue weighted by Crippen LogP contribution is -2.13. The van der Waals surface area contributed by atoms with Crippen LogP contribution in [0.1, 0.15) is 39.3 Å². The first-order chi connectivity index (χ1) is 7.76. The van der Waals surface area contributed by atoms with Crippen LogP contribution in [0.4, 0.5) is 0 Å². The van der Waals surface area contributed by atoms with E-state index in [1.165, 1.54) is 0 Å². The minimum Gasteiger partial charge on any atom is -0.489 e. The van der Waals surface area contributed by atoms with Gasteiger partial charge in [-0.1, -0.05) is 20.3 Å². The second kappa shape index (κ2) is 7.23. The highest BCUT2D eigenvalue weighted by Gasteiger charge is 2.02. The monoisotopic (exact) mass is 222 g/mol. The third kappa shape index (κ3) is 4.62. The molecule has 0 spiro atoms. The summed E-state index contributed by atoms with van der Waals surface area (Å²) in [6.45, 7) is 8.13. The van der Waals surface area contributed by atoms with E-state index in [4.69, 9.17) is 4.74 Å². The van der Waals surface area contributed by atoms with Crippen LogP contribution in [-0.4, -0.2) is 17.6 Å². The lowest BCUT2D eigenvalue weighted by Gasteiger charge is -2.13. The van der Waals surface area contributed by atoms with Crippen LogP contribution in [0.15, 0.2) is 18.3 Å². The molecule has 90 valence electrons. The highest BCUT2D eigenvalue weighted by atomic mass is 16.5. The largest absolute Gasteiger partial charge is 0.489 e. The summed E-state index contributed by atoms with van der Waals surface area (Å²) < 4.78 is 5.73. The average molecular weight is 222 g/mol. The van der Waals surface area contributed by atoms with Crippen molar-refractivity contribution in [1.29, 1.82) is 0 Å². The lowest BCUT2D eigenvalue weighted by molar-refractivity contribution is 0.209. The molecule has 0 bridgehead atoms. The molecule has 1 atom stereocenters. The lowest BCUT2D eigenvalue weighted by atomic mass is 10.2. The molecule has 0 radical (unpaired) electrons. The quantitative estimate of drug-likeness (QED) is 0.770. The third-order valence-electron chi connectivity index (χ3n) is 2.39. The van der Waals surface area contributed by atoms with Gasteiger partial charge in [0.25, 0.3) is 0 Å². The van der Waals surface area contributed by atoms with E-state index in [-0.39, 0.29) is 6.10 Å². The van der Waals surface area contributed by atoms with E-state index < -0.39 is 0 Å². The molecular weight excluding hydrogens is 200 g/mol. The molecule has 0 aliphatic rings. The molecule has 0 saturated carbocycles. The molecule has 3 heteroatoms. The Hall–Kier alpha value is -1.09. The first-order valence-corrected chi connectivity index (χ1v) is 6.08. The molecule has 0 aliphatic carbocycles. The fourth-order valence-electron chi connectivity index (χ4n) is 1.54. The van der Waals surface area contributed by atoms with E-state index in [2.05, 4.69) is 31.1 Å². The molecule has 1 aromatic rings. The molecule has 0 saturated heterocycles. The van der Waals surface area contributed by atoms with Crippen LogP contribution in [0.3, 0.4) is 0 Å².